The summed E-state index contributed by atoms with van der Waals surface area (Å²) >= 11 is 0. The SMILES string of the molecule is Cc1ccc(S(=O)(=O)O)cc1.Cn1ncnc1[C@H]1c2nn(F)c(=O)c3cccc(c23)N[C@@H]1c1ccc(F)cc1. The summed E-state index contributed by atoms with van der Waals surface area (Å²) in [5.74, 6) is -0.352. The number of anilines is 1. The van der Waals surface area contributed by atoms with E-state index in [1.807, 2.05) is 6.92 Å². The number of aromatic nitrogens is 5. The van der Waals surface area contributed by atoms with Crippen molar-refractivity contribution in [2.45, 2.75) is 23.8 Å². The molecule has 3 heterocycles. The van der Waals surface area contributed by atoms with E-state index in [0.717, 1.165) is 11.1 Å². The van der Waals surface area contributed by atoms with Crippen molar-refractivity contribution in [2.24, 2.45) is 7.05 Å². The molecule has 0 spiro atoms. The number of rotatable bonds is 3. The van der Waals surface area contributed by atoms with Crippen LogP contribution in [0.5, 0.6) is 0 Å². The van der Waals surface area contributed by atoms with Gasteiger partial charge in [-0.1, -0.05) is 45.3 Å². The normalized spacial score (nSPS) is 16.3. The lowest BCUT2D eigenvalue weighted by molar-refractivity contribution is 0.291. The van der Waals surface area contributed by atoms with Gasteiger partial charge in [-0.2, -0.15) is 13.5 Å². The molecule has 13 heteroatoms. The lowest BCUT2D eigenvalue weighted by Crippen LogP contribution is -2.31. The number of nitrogens with one attached hydrogen (secondary N) is 1. The van der Waals surface area contributed by atoms with Crippen molar-refractivity contribution in [2.75, 3.05) is 5.32 Å². The lowest BCUT2D eigenvalue weighted by atomic mass is 9.83. The van der Waals surface area contributed by atoms with Gasteiger partial charge in [0.1, 0.15) is 18.0 Å². The molecular weight excluding hydrogens is 530 g/mol. The maximum atomic E-state index is 14.3. The van der Waals surface area contributed by atoms with Gasteiger partial charge in [0, 0.05) is 18.1 Å². The van der Waals surface area contributed by atoms with Crippen molar-refractivity contribution in [3.05, 3.63) is 112 Å². The average Bonchev–Trinajstić information content (AvgIpc) is 3.32. The van der Waals surface area contributed by atoms with Gasteiger partial charge >= 0.3 is 5.56 Å². The number of hydrogen-bond donors (Lipinski definition) is 2. The highest BCUT2D eigenvalue weighted by Gasteiger charge is 2.38. The van der Waals surface area contributed by atoms with E-state index in [2.05, 4.69) is 20.5 Å². The van der Waals surface area contributed by atoms with Crippen LogP contribution in [0.3, 0.4) is 0 Å². The van der Waals surface area contributed by atoms with Crippen LogP contribution >= 0.6 is 0 Å². The van der Waals surface area contributed by atoms with Crippen LogP contribution in [0.25, 0.3) is 10.8 Å². The molecule has 0 aliphatic carbocycles. The van der Waals surface area contributed by atoms with Crippen LogP contribution in [0.4, 0.5) is 14.6 Å². The highest BCUT2D eigenvalue weighted by atomic mass is 32.2. The van der Waals surface area contributed by atoms with Crippen LogP contribution < -0.4 is 10.9 Å². The molecule has 0 radical (unpaired) electrons. The molecule has 39 heavy (non-hydrogen) atoms. The molecule has 1 aliphatic heterocycles. The van der Waals surface area contributed by atoms with Crippen molar-refractivity contribution in [1.29, 1.82) is 0 Å². The van der Waals surface area contributed by atoms with Crippen LogP contribution in [-0.4, -0.2) is 37.7 Å². The second-order valence-corrected chi connectivity index (χ2v) is 10.4. The van der Waals surface area contributed by atoms with E-state index in [0.29, 0.717) is 22.6 Å². The topological polar surface area (TPSA) is 132 Å². The maximum Gasteiger partial charge on any atom is 0.305 e. The van der Waals surface area contributed by atoms with Gasteiger partial charge in [-0.05, 0) is 48.9 Å². The fourth-order valence-corrected chi connectivity index (χ4v) is 5.04. The Morgan fingerprint density at radius 1 is 1.03 bits per heavy atom. The average molecular weight is 553 g/mol. The van der Waals surface area contributed by atoms with Gasteiger partial charge in [-0.15, -0.1) is 5.10 Å². The van der Waals surface area contributed by atoms with E-state index < -0.39 is 27.6 Å². The van der Waals surface area contributed by atoms with Crippen molar-refractivity contribution in [1.82, 2.24) is 24.8 Å². The molecule has 2 N–H and O–H groups in total. The predicted molar refractivity (Wildman–Crippen MR) is 139 cm³/mol. The maximum absolute atomic E-state index is 14.3. The first-order valence-corrected chi connectivity index (χ1v) is 13.1. The molecule has 0 amide bonds. The minimum absolute atomic E-state index is 0.0666. The Labute approximate surface area is 221 Å². The summed E-state index contributed by atoms with van der Waals surface area (Å²) in [5, 5.41) is 12.2. The molecule has 0 saturated carbocycles. The molecule has 0 fully saturated rings. The van der Waals surface area contributed by atoms with E-state index >= 15 is 0 Å². The Balaban J connectivity index is 0.000000237. The first-order chi connectivity index (χ1) is 18.5. The van der Waals surface area contributed by atoms with Crippen molar-refractivity contribution in [3.63, 3.8) is 0 Å². The molecule has 10 nitrogen and oxygen atoms in total. The summed E-state index contributed by atoms with van der Waals surface area (Å²) in [6.45, 7) is 1.84. The Morgan fingerprint density at radius 3 is 2.33 bits per heavy atom. The molecule has 2 atom stereocenters. The Kier molecular flexibility index (Phi) is 6.70. The largest absolute Gasteiger partial charge is 0.377 e. The third-order valence-corrected chi connectivity index (χ3v) is 7.29. The Bertz CT molecular complexity index is 1840. The molecule has 200 valence electrons. The third-order valence-electron chi connectivity index (χ3n) is 6.43. The van der Waals surface area contributed by atoms with Gasteiger partial charge < -0.3 is 5.32 Å². The van der Waals surface area contributed by atoms with E-state index in [9.17, 15) is 22.1 Å². The van der Waals surface area contributed by atoms with Crippen LogP contribution in [0.2, 0.25) is 0 Å². The number of aryl methyl sites for hydroxylation is 2. The van der Waals surface area contributed by atoms with Gasteiger partial charge in [0.05, 0.1) is 27.9 Å². The minimum atomic E-state index is -4.02. The second-order valence-electron chi connectivity index (χ2n) is 8.96. The standard InChI is InChI=1S/C19H14F2N6O.C7H8O3S/c1-26-18(22-9-23-26)15-16(10-5-7-11(20)8-6-10)24-13-4-2-3-12-14(13)17(15)25-27(21)19(12)28;1-6-2-4-7(5-3-6)11(8,9)10/h2-9,15-16,24H,1H3;2-5H,1H3,(H,8,9,10)/t15-,16-;/m1./s1. The molecular formula is C26H22F2N6O4S. The molecule has 0 bridgehead atoms. The highest BCUT2D eigenvalue weighted by Crippen LogP contribution is 2.45. The Morgan fingerprint density at radius 2 is 1.72 bits per heavy atom. The molecule has 0 unspecified atom stereocenters. The summed E-state index contributed by atoms with van der Waals surface area (Å²) < 4.78 is 58.9. The second kappa shape index (κ2) is 10.0. The van der Waals surface area contributed by atoms with Crippen LogP contribution in [0, 0.1) is 12.7 Å². The van der Waals surface area contributed by atoms with Gasteiger partial charge in [-0.3, -0.25) is 14.0 Å². The smallest absolute Gasteiger partial charge is 0.305 e. The molecule has 6 rings (SSSR count). The van der Waals surface area contributed by atoms with Gasteiger partial charge in [0.2, 0.25) is 0 Å². The van der Waals surface area contributed by atoms with Crippen LogP contribution in [0.15, 0.2) is 82.7 Å². The molecule has 1 aliphatic rings. The molecule has 3 aromatic carbocycles. The lowest BCUT2D eigenvalue weighted by Gasteiger charge is -2.33. The first kappa shape index (κ1) is 26.1. The van der Waals surface area contributed by atoms with Crippen LogP contribution in [0.1, 0.15) is 34.6 Å². The minimum Gasteiger partial charge on any atom is -0.377 e. The van der Waals surface area contributed by atoms with Crippen LogP contribution in [-0.2, 0) is 17.2 Å². The number of hydrogen-bond acceptors (Lipinski definition) is 7. The number of halogens is 2. The summed E-state index contributed by atoms with van der Waals surface area (Å²) in [7, 11) is -2.29. The number of nitrogens with zero attached hydrogens (tertiary/aromatic N) is 5. The van der Waals surface area contributed by atoms with Crippen molar-refractivity contribution < 1.29 is 21.8 Å². The number of benzene rings is 3. The van der Waals surface area contributed by atoms with Crippen molar-refractivity contribution >= 4 is 26.6 Å². The summed E-state index contributed by atoms with van der Waals surface area (Å²) in [5.41, 5.74) is 1.94. The van der Waals surface area contributed by atoms with Gasteiger partial charge in [-0.25, -0.2) is 9.37 Å². The highest BCUT2D eigenvalue weighted by molar-refractivity contribution is 7.85. The summed E-state index contributed by atoms with van der Waals surface area (Å²) in [6.07, 6.45) is 1.40. The summed E-state index contributed by atoms with van der Waals surface area (Å²) in [6, 6.07) is 16.7. The third kappa shape index (κ3) is 5.01. The Hall–Kier alpha value is -4.49. The van der Waals surface area contributed by atoms with Gasteiger partial charge in [0.25, 0.3) is 10.1 Å². The predicted octanol–water partition coefficient (Wildman–Crippen LogP) is 3.94. The van der Waals surface area contributed by atoms with Gasteiger partial charge in [0.15, 0.2) is 0 Å². The fraction of sp³-hybridized carbons (Fsp3) is 0.154. The van der Waals surface area contributed by atoms with E-state index in [1.54, 1.807) is 54.2 Å². The zero-order valence-electron chi connectivity index (χ0n) is 20.7. The van der Waals surface area contributed by atoms with E-state index in [1.165, 1.54) is 30.6 Å². The fourth-order valence-electron chi connectivity index (χ4n) is 4.56. The quantitative estimate of drug-likeness (QED) is 0.322. The van der Waals surface area contributed by atoms with E-state index in [-0.39, 0.29) is 21.0 Å². The van der Waals surface area contributed by atoms with E-state index in [4.69, 9.17) is 4.55 Å². The zero-order chi connectivity index (χ0) is 27.9. The molecule has 0 saturated heterocycles. The zero-order valence-corrected chi connectivity index (χ0v) is 21.5. The molecule has 5 aromatic rings. The summed E-state index contributed by atoms with van der Waals surface area (Å²) in [4.78, 5) is 16.4. The molecule has 2 aromatic heterocycles. The van der Waals surface area contributed by atoms with Crippen molar-refractivity contribution in [3.8, 4) is 0 Å². The monoisotopic (exact) mass is 552 g/mol. The first-order valence-electron chi connectivity index (χ1n) is 11.7.